The van der Waals surface area contributed by atoms with E-state index in [0.717, 1.165) is 22.7 Å². The zero-order valence-electron chi connectivity index (χ0n) is 10.9. The third-order valence-electron chi connectivity index (χ3n) is 3.38. The first-order chi connectivity index (χ1) is 8.06. The summed E-state index contributed by atoms with van der Waals surface area (Å²) in [7, 11) is 0. The van der Waals surface area contributed by atoms with Crippen LogP contribution in [0.25, 0.3) is 0 Å². The maximum absolute atomic E-state index is 5.96. The van der Waals surface area contributed by atoms with Crippen LogP contribution in [-0.4, -0.2) is 28.5 Å². The molecule has 0 amide bonds. The average molecular weight is 250 g/mol. The van der Waals surface area contributed by atoms with E-state index in [-0.39, 0.29) is 0 Å². The lowest BCUT2D eigenvalue weighted by molar-refractivity contribution is 0.262. The lowest BCUT2D eigenvalue weighted by Crippen LogP contribution is -2.39. The highest BCUT2D eigenvalue weighted by Gasteiger charge is 2.22. The Morgan fingerprint density at radius 2 is 1.94 bits per heavy atom. The van der Waals surface area contributed by atoms with E-state index in [2.05, 4.69) is 49.6 Å². The summed E-state index contributed by atoms with van der Waals surface area (Å²) in [4.78, 5) is 2.55. The fourth-order valence-electron chi connectivity index (χ4n) is 2.53. The number of nitrogens with zero attached hydrogens (tertiary/aromatic N) is 1. The summed E-state index contributed by atoms with van der Waals surface area (Å²) in [6.07, 6.45) is 0. The van der Waals surface area contributed by atoms with Crippen molar-refractivity contribution in [2.75, 3.05) is 18.8 Å². The van der Waals surface area contributed by atoms with Gasteiger partial charge in [0.1, 0.15) is 0 Å². The average Bonchev–Trinajstić information content (AvgIpc) is 2.23. The van der Waals surface area contributed by atoms with Gasteiger partial charge in [0.15, 0.2) is 0 Å². The quantitative estimate of drug-likeness (QED) is 0.818. The van der Waals surface area contributed by atoms with Gasteiger partial charge < -0.3 is 5.73 Å². The van der Waals surface area contributed by atoms with Gasteiger partial charge in [0.2, 0.25) is 0 Å². The van der Waals surface area contributed by atoms with Gasteiger partial charge in [-0.2, -0.15) is 11.8 Å². The number of nitrogens with two attached hydrogens (primary N) is 1. The minimum absolute atomic E-state index is 0.736. The van der Waals surface area contributed by atoms with Gasteiger partial charge in [0.25, 0.3) is 0 Å². The van der Waals surface area contributed by atoms with Crippen molar-refractivity contribution in [2.24, 2.45) is 0 Å². The lowest BCUT2D eigenvalue weighted by Gasteiger charge is -2.34. The Bertz CT molecular complexity index is 382. The topological polar surface area (TPSA) is 29.3 Å². The van der Waals surface area contributed by atoms with Gasteiger partial charge in [-0.15, -0.1) is 0 Å². The molecule has 1 aromatic carbocycles. The highest BCUT2D eigenvalue weighted by Crippen LogP contribution is 2.26. The first-order valence-corrected chi connectivity index (χ1v) is 7.22. The zero-order chi connectivity index (χ0) is 12.4. The number of thioether (sulfide) groups is 1. The minimum Gasteiger partial charge on any atom is -0.399 e. The van der Waals surface area contributed by atoms with Gasteiger partial charge in [-0.3, -0.25) is 4.90 Å². The first-order valence-electron chi connectivity index (χ1n) is 6.28. The van der Waals surface area contributed by atoms with Crippen LogP contribution < -0.4 is 5.73 Å². The van der Waals surface area contributed by atoms with Crippen molar-refractivity contribution in [3.05, 3.63) is 29.3 Å². The van der Waals surface area contributed by atoms with Gasteiger partial charge in [-0.05, 0) is 24.1 Å². The molecule has 2 atom stereocenters. The number of anilines is 1. The monoisotopic (exact) mass is 250 g/mol. The molecule has 2 N–H and O–H groups in total. The van der Waals surface area contributed by atoms with Crippen molar-refractivity contribution in [2.45, 2.75) is 37.8 Å². The molecule has 94 valence electrons. The predicted octanol–water partition coefficient (Wildman–Crippen LogP) is 2.90. The maximum atomic E-state index is 5.96. The number of rotatable bonds is 2. The van der Waals surface area contributed by atoms with Crippen LogP contribution in [0.4, 0.5) is 5.69 Å². The molecule has 0 bridgehead atoms. The van der Waals surface area contributed by atoms with Gasteiger partial charge in [-0.25, -0.2) is 0 Å². The van der Waals surface area contributed by atoms with E-state index in [4.69, 9.17) is 5.73 Å². The molecule has 17 heavy (non-hydrogen) atoms. The van der Waals surface area contributed by atoms with E-state index in [1.807, 2.05) is 6.07 Å². The summed E-state index contributed by atoms with van der Waals surface area (Å²) in [5.74, 6) is 0. The second-order valence-corrected chi connectivity index (χ2v) is 6.96. The predicted molar refractivity (Wildman–Crippen MR) is 77.4 cm³/mol. The van der Waals surface area contributed by atoms with E-state index in [1.165, 1.54) is 24.2 Å². The molecule has 0 radical (unpaired) electrons. The Labute approximate surface area is 109 Å². The zero-order valence-corrected chi connectivity index (χ0v) is 11.8. The van der Waals surface area contributed by atoms with Gasteiger partial charge in [0.05, 0.1) is 0 Å². The van der Waals surface area contributed by atoms with Crippen LogP contribution in [-0.2, 0) is 6.54 Å². The molecule has 2 nitrogen and oxygen atoms in total. The third-order valence-corrected chi connectivity index (χ3v) is 4.60. The van der Waals surface area contributed by atoms with Crippen LogP contribution in [0.1, 0.15) is 25.0 Å². The molecular formula is C14H22N2S. The Kier molecular flexibility index (Phi) is 4.00. The maximum Gasteiger partial charge on any atom is 0.0346 e. The summed E-state index contributed by atoms with van der Waals surface area (Å²) >= 11 is 2.10. The van der Waals surface area contributed by atoms with Crippen molar-refractivity contribution in [3.8, 4) is 0 Å². The van der Waals surface area contributed by atoms with Crippen LogP contribution in [0, 0.1) is 6.92 Å². The Morgan fingerprint density at radius 1 is 1.29 bits per heavy atom. The second-order valence-electron chi connectivity index (χ2n) is 5.08. The minimum atomic E-state index is 0.736. The molecule has 2 unspecified atom stereocenters. The number of benzene rings is 1. The lowest BCUT2D eigenvalue weighted by atomic mass is 10.1. The summed E-state index contributed by atoms with van der Waals surface area (Å²) in [5.41, 5.74) is 9.48. The molecule has 1 aliphatic heterocycles. The van der Waals surface area contributed by atoms with Crippen molar-refractivity contribution < 1.29 is 0 Å². The van der Waals surface area contributed by atoms with Crippen molar-refractivity contribution in [3.63, 3.8) is 0 Å². The largest absolute Gasteiger partial charge is 0.399 e. The molecule has 1 aliphatic rings. The summed E-state index contributed by atoms with van der Waals surface area (Å²) < 4.78 is 0. The fourth-order valence-corrected chi connectivity index (χ4v) is 3.92. The normalized spacial score (nSPS) is 26.1. The first kappa shape index (κ1) is 12.8. The van der Waals surface area contributed by atoms with Gasteiger partial charge in [0, 0.05) is 35.8 Å². The van der Waals surface area contributed by atoms with E-state index in [1.54, 1.807) is 0 Å². The van der Waals surface area contributed by atoms with Gasteiger partial charge >= 0.3 is 0 Å². The number of hydrogen-bond acceptors (Lipinski definition) is 3. The van der Waals surface area contributed by atoms with Gasteiger partial charge in [-0.1, -0.05) is 26.0 Å². The summed E-state index contributed by atoms with van der Waals surface area (Å²) in [6.45, 7) is 10.2. The van der Waals surface area contributed by atoms with Crippen molar-refractivity contribution in [1.82, 2.24) is 4.90 Å². The summed E-state index contributed by atoms with van der Waals surface area (Å²) in [5, 5.41) is 1.47. The molecule has 3 heteroatoms. The van der Waals surface area contributed by atoms with Crippen LogP contribution in [0.2, 0.25) is 0 Å². The SMILES string of the molecule is Cc1c(N)cccc1CN1CC(C)SC(C)C1. The Balaban J connectivity index is 2.07. The fraction of sp³-hybridized carbons (Fsp3) is 0.571. The van der Waals surface area contributed by atoms with E-state index < -0.39 is 0 Å². The number of nitrogen functional groups attached to an aromatic ring is 1. The van der Waals surface area contributed by atoms with Crippen LogP contribution in [0.5, 0.6) is 0 Å². The second kappa shape index (κ2) is 5.32. The highest BCUT2D eigenvalue weighted by molar-refractivity contribution is 8.00. The van der Waals surface area contributed by atoms with E-state index in [9.17, 15) is 0 Å². The van der Waals surface area contributed by atoms with Crippen LogP contribution in [0.15, 0.2) is 18.2 Å². The van der Waals surface area contributed by atoms with E-state index >= 15 is 0 Å². The van der Waals surface area contributed by atoms with Crippen molar-refractivity contribution >= 4 is 17.4 Å². The standard InChI is InChI=1S/C14H22N2S/c1-10-7-16(8-11(2)17-10)9-13-5-4-6-14(15)12(13)3/h4-6,10-11H,7-9,15H2,1-3H3. The highest BCUT2D eigenvalue weighted by atomic mass is 32.2. The third kappa shape index (κ3) is 3.17. The van der Waals surface area contributed by atoms with Crippen molar-refractivity contribution in [1.29, 1.82) is 0 Å². The molecule has 1 aromatic rings. The Hall–Kier alpha value is -0.670. The molecule has 1 fully saturated rings. The molecule has 0 aromatic heterocycles. The van der Waals surface area contributed by atoms with Crippen LogP contribution >= 0.6 is 11.8 Å². The van der Waals surface area contributed by atoms with E-state index in [0.29, 0.717) is 0 Å². The molecule has 0 saturated carbocycles. The molecule has 0 spiro atoms. The molecule has 1 heterocycles. The smallest absolute Gasteiger partial charge is 0.0346 e. The molecule has 1 saturated heterocycles. The molecule has 0 aliphatic carbocycles. The number of hydrogen-bond donors (Lipinski definition) is 1. The molecule has 2 rings (SSSR count). The summed E-state index contributed by atoms with van der Waals surface area (Å²) in [6, 6.07) is 6.24. The van der Waals surface area contributed by atoms with Crippen LogP contribution in [0.3, 0.4) is 0 Å². The molecular weight excluding hydrogens is 228 g/mol. The Morgan fingerprint density at radius 3 is 2.59 bits per heavy atom.